The average Bonchev–Trinajstić information content (AvgIpc) is 3.30. The fourth-order valence-corrected chi connectivity index (χ4v) is 7.58. The molecule has 1 atom stereocenters. The number of hydrogen-bond acceptors (Lipinski definition) is 6. The summed E-state index contributed by atoms with van der Waals surface area (Å²) in [4.78, 5) is 38.0. The van der Waals surface area contributed by atoms with E-state index in [0.29, 0.717) is 19.3 Å². The van der Waals surface area contributed by atoms with E-state index in [0.717, 1.165) is 70.6 Å². The summed E-state index contributed by atoms with van der Waals surface area (Å²) in [5, 5.41) is 0. The van der Waals surface area contributed by atoms with Crippen molar-refractivity contribution in [2.24, 2.45) is 0 Å². The molecule has 0 aromatic carbocycles. The lowest BCUT2D eigenvalue weighted by Crippen LogP contribution is -2.30. The summed E-state index contributed by atoms with van der Waals surface area (Å²) in [7, 11) is 0. The summed E-state index contributed by atoms with van der Waals surface area (Å²) in [6, 6.07) is 0. The number of ether oxygens (including phenoxy) is 3. The highest BCUT2D eigenvalue weighted by Gasteiger charge is 2.19. The van der Waals surface area contributed by atoms with Gasteiger partial charge in [0.15, 0.2) is 6.10 Å². The Morgan fingerprint density at radius 3 is 1.05 bits per heavy atom. The second-order valence-corrected chi connectivity index (χ2v) is 18.2. The minimum atomic E-state index is -0.790. The molecule has 0 saturated heterocycles. The monoisotopic (exact) mass is 907 g/mol. The first-order valence-corrected chi connectivity index (χ1v) is 27.5. The number of hydrogen-bond donors (Lipinski definition) is 0. The van der Waals surface area contributed by atoms with Gasteiger partial charge in [-0.1, -0.05) is 222 Å². The minimum absolute atomic E-state index is 0.0885. The van der Waals surface area contributed by atoms with Gasteiger partial charge in [-0.2, -0.15) is 0 Å². The van der Waals surface area contributed by atoms with Crippen molar-refractivity contribution in [2.75, 3.05) is 13.2 Å². The molecule has 0 N–H and O–H groups in total. The molecule has 0 heterocycles. The number of esters is 3. The summed E-state index contributed by atoms with van der Waals surface area (Å²) in [5.41, 5.74) is 0. The second kappa shape index (κ2) is 53.5. The van der Waals surface area contributed by atoms with Gasteiger partial charge in [0.2, 0.25) is 0 Å². The molecule has 0 spiro atoms. The fraction of sp³-hybridized carbons (Fsp3) is 0.746. The third-order valence-electron chi connectivity index (χ3n) is 11.7. The summed E-state index contributed by atoms with van der Waals surface area (Å²) in [6.45, 7) is 6.44. The van der Waals surface area contributed by atoms with Crippen LogP contribution in [-0.2, 0) is 28.6 Å². The molecule has 0 bridgehead atoms. The van der Waals surface area contributed by atoms with Crippen LogP contribution in [0.1, 0.15) is 265 Å². The SMILES string of the molecule is CC/C=C\C/C=C\CCCCC(=O)OCC(COC(=O)CCCCCCCCCCCC/C=C\C=C/CCCCC)OC(=O)CCCCCCCCCCCC/C=C\C=C/CCCCC. The molecule has 374 valence electrons. The molecule has 0 saturated carbocycles. The van der Waals surface area contributed by atoms with Gasteiger partial charge >= 0.3 is 17.9 Å². The fourth-order valence-electron chi connectivity index (χ4n) is 7.58. The maximum atomic E-state index is 12.8. The highest BCUT2D eigenvalue weighted by Crippen LogP contribution is 2.15. The van der Waals surface area contributed by atoms with E-state index in [4.69, 9.17) is 14.2 Å². The van der Waals surface area contributed by atoms with Gasteiger partial charge in [0, 0.05) is 19.3 Å². The number of carbonyl (C=O) groups is 3. The van der Waals surface area contributed by atoms with Crippen molar-refractivity contribution in [3.8, 4) is 0 Å². The zero-order valence-electron chi connectivity index (χ0n) is 42.7. The highest BCUT2D eigenvalue weighted by molar-refractivity contribution is 5.71. The van der Waals surface area contributed by atoms with Crippen molar-refractivity contribution < 1.29 is 28.6 Å². The summed E-state index contributed by atoms with van der Waals surface area (Å²) < 4.78 is 16.8. The third-order valence-corrected chi connectivity index (χ3v) is 11.7. The largest absolute Gasteiger partial charge is 0.462 e. The average molecular weight is 907 g/mol. The Bertz CT molecular complexity index is 1230. The van der Waals surface area contributed by atoms with Gasteiger partial charge in [-0.05, 0) is 96.3 Å². The van der Waals surface area contributed by atoms with Crippen LogP contribution in [-0.4, -0.2) is 37.2 Å². The number of carbonyl (C=O) groups excluding carboxylic acids is 3. The van der Waals surface area contributed by atoms with Crippen molar-refractivity contribution in [2.45, 2.75) is 271 Å². The van der Waals surface area contributed by atoms with E-state index >= 15 is 0 Å². The molecule has 6 nitrogen and oxygen atoms in total. The molecule has 0 aliphatic heterocycles. The Morgan fingerprint density at radius 1 is 0.338 bits per heavy atom. The molecule has 65 heavy (non-hydrogen) atoms. The summed E-state index contributed by atoms with van der Waals surface area (Å²) in [5.74, 6) is -0.929. The first-order valence-electron chi connectivity index (χ1n) is 27.5. The predicted octanol–water partition coefficient (Wildman–Crippen LogP) is 18.2. The molecule has 0 aromatic heterocycles. The van der Waals surface area contributed by atoms with Crippen molar-refractivity contribution >= 4 is 17.9 Å². The first-order chi connectivity index (χ1) is 32.0. The van der Waals surface area contributed by atoms with Crippen LogP contribution in [0, 0.1) is 0 Å². The third kappa shape index (κ3) is 51.7. The van der Waals surface area contributed by atoms with Crippen molar-refractivity contribution in [3.63, 3.8) is 0 Å². The van der Waals surface area contributed by atoms with Crippen LogP contribution in [0.3, 0.4) is 0 Å². The number of unbranched alkanes of at least 4 members (excludes halogenated alkanes) is 28. The standard InChI is InChI=1S/C59H102O6/c1-4-7-10-13-16-19-21-23-25-27-29-31-33-35-37-40-43-46-49-52-58(61)64-55-56(54-63-57(60)51-48-45-42-39-18-15-12-9-6-3)65-59(62)53-50-47-44-41-38-36-34-32-30-28-26-24-22-20-17-14-11-8-5-2/h9,12,16-24,39,56H,4-8,10-11,13-15,25-38,40-55H2,1-3H3/b12-9-,19-16-,20-17-,23-21-,24-22-,39-18-. The Hall–Kier alpha value is -3.15. The summed E-state index contributed by atoms with van der Waals surface area (Å²) in [6.07, 6.45) is 67.6. The van der Waals surface area contributed by atoms with E-state index in [1.165, 1.54) is 154 Å². The maximum Gasteiger partial charge on any atom is 0.306 e. The maximum absolute atomic E-state index is 12.8. The Morgan fingerprint density at radius 2 is 0.646 bits per heavy atom. The van der Waals surface area contributed by atoms with E-state index in [9.17, 15) is 14.4 Å². The van der Waals surface area contributed by atoms with E-state index in [-0.39, 0.29) is 31.1 Å². The van der Waals surface area contributed by atoms with Crippen LogP contribution in [0.5, 0.6) is 0 Å². The molecule has 0 aromatic rings. The van der Waals surface area contributed by atoms with E-state index < -0.39 is 6.10 Å². The van der Waals surface area contributed by atoms with Crippen LogP contribution >= 0.6 is 0 Å². The van der Waals surface area contributed by atoms with Crippen molar-refractivity contribution in [1.29, 1.82) is 0 Å². The molecule has 0 radical (unpaired) electrons. The number of allylic oxidation sites excluding steroid dienone is 12. The quantitative estimate of drug-likeness (QED) is 0.0199. The Kier molecular flexibility index (Phi) is 50.9. The zero-order chi connectivity index (χ0) is 47.2. The molecule has 6 heteroatoms. The van der Waals surface area contributed by atoms with Crippen LogP contribution in [0.15, 0.2) is 72.9 Å². The zero-order valence-corrected chi connectivity index (χ0v) is 42.7. The Balaban J connectivity index is 4.30. The molecule has 0 aliphatic carbocycles. The molecule has 0 fully saturated rings. The van der Waals surface area contributed by atoms with Crippen LogP contribution < -0.4 is 0 Å². The summed E-state index contributed by atoms with van der Waals surface area (Å²) >= 11 is 0. The van der Waals surface area contributed by atoms with Gasteiger partial charge in [0.05, 0.1) is 0 Å². The van der Waals surface area contributed by atoms with Crippen LogP contribution in [0.2, 0.25) is 0 Å². The molecule has 1 unspecified atom stereocenters. The smallest absolute Gasteiger partial charge is 0.306 e. The van der Waals surface area contributed by atoms with Crippen LogP contribution in [0.25, 0.3) is 0 Å². The van der Waals surface area contributed by atoms with Crippen molar-refractivity contribution in [1.82, 2.24) is 0 Å². The minimum Gasteiger partial charge on any atom is -0.462 e. The van der Waals surface area contributed by atoms with E-state index in [1.54, 1.807) is 0 Å². The lowest BCUT2D eigenvalue weighted by molar-refractivity contribution is -0.167. The Labute approximate surface area is 402 Å². The first kappa shape index (κ1) is 61.9. The van der Waals surface area contributed by atoms with Gasteiger partial charge in [0.1, 0.15) is 13.2 Å². The van der Waals surface area contributed by atoms with Gasteiger partial charge in [-0.3, -0.25) is 14.4 Å². The number of rotatable bonds is 49. The second-order valence-electron chi connectivity index (χ2n) is 18.2. The van der Waals surface area contributed by atoms with Gasteiger partial charge < -0.3 is 14.2 Å². The van der Waals surface area contributed by atoms with Gasteiger partial charge in [-0.25, -0.2) is 0 Å². The molecule has 0 amide bonds. The highest BCUT2D eigenvalue weighted by atomic mass is 16.6. The lowest BCUT2D eigenvalue weighted by Gasteiger charge is -2.18. The van der Waals surface area contributed by atoms with E-state index in [1.807, 2.05) is 0 Å². The molecular weight excluding hydrogens is 805 g/mol. The normalized spacial score (nSPS) is 12.6. The molecule has 0 aliphatic rings. The van der Waals surface area contributed by atoms with Crippen molar-refractivity contribution in [3.05, 3.63) is 72.9 Å². The molecular formula is C59H102O6. The lowest BCUT2D eigenvalue weighted by atomic mass is 10.1. The van der Waals surface area contributed by atoms with E-state index in [2.05, 4.69) is 93.7 Å². The van der Waals surface area contributed by atoms with Crippen LogP contribution in [0.4, 0.5) is 0 Å². The topological polar surface area (TPSA) is 78.9 Å². The predicted molar refractivity (Wildman–Crippen MR) is 279 cm³/mol. The van der Waals surface area contributed by atoms with Gasteiger partial charge in [-0.15, -0.1) is 0 Å². The van der Waals surface area contributed by atoms with Gasteiger partial charge in [0.25, 0.3) is 0 Å². The molecule has 0 rings (SSSR count).